The van der Waals surface area contributed by atoms with Gasteiger partial charge in [-0.05, 0) is 44.6 Å². The summed E-state index contributed by atoms with van der Waals surface area (Å²) >= 11 is 1.04. The Morgan fingerprint density at radius 1 is 1.33 bits per heavy atom. The van der Waals surface area contributed by atoms with Gasteiger partial charge in [0.2, 0.25) is 0 Å². The smallest absolute Gasteiger partial charge is 0.329 e. The van der Waals surface area contributed by atoms with E-state index in [0.29, 0.717) is 17.0 Å². The lowest BCUT2D eigenvalue weighted by atomic mass is 10.0. The molecule has 0 saturated carbocycles. The molecule has 21 heavy (non-hydrogen) atoms. The molecule has 0 bridgehead atoms. The number of amides is 1. The quantitative estimate of drug-likeness (QED) is 0.843. The van der Waals surface area contributed by atoms with Crippen LogP contribution in [0.4, 0.5) is 0 Å². The van der Waals surface area contributed by atoms with Gasteiger partial charge in [-0.3, -0.25) is 4.79 Å². The molecule has 6 nitrogen and oxygen atoms in total. The first-order chi connectivity index (χ1) is 9.65. The van der Waals surface area contributed by atoms with Gasteiger partial charge in [-0.15, -0.1) is 5.10 Å². The third-order valence-corrected chi connectivity index (χ3v) is 3.48. The molecule has 0 aliphatic rings. The van der Waals surface area contributed by atoms with Crippen LogP contribution in [0, 0.1) is 5.92 Å². The van der Waals surface area contributed by atoms with E-state index < -0.39 is 17.6 Å². The van der Waals surface area contributed by atoms with Gasteiger partial charge in [-0.1, -0.05) is 25.3 Å². The van der Waals surface area contributed by atoms with Crippen LogP contribution >= 0.6 is 11.5 Å². The van der Waals surface area contributed by atoms with E-state index in [-0.39, 0.29) is 11.8 Å². The zero-order valence-electron chi connectivity index (χ0n) is 13.4. The minimum atomic E-state index is -0.691. The third kappa shape index (κ3) is 5.08. The van der Waals surface area contributed by atoms with E-state index in [1.807, 2.05) is 20.8 Å². The van der Waals surface area contributed by atoms with Crippen molar-refractivity contribution >= 4 is 23.4 Å². The lowest BCUT2D eigenvalue weighted by Gasteiger charge is -2.26. The maximum Gasteiger partial charge on any atom is 0.329 e. The first kappa shape index (κ1) is 17.6. The van der Waals surface area contributed by atoms with E-state index in [1.165, 1.54) is 0 Å². The third-order valence-electron chi connectivity index (χ3n) is 2.71. The van der Waals surface area contributed by atoms with E-state index in [0.717, 1.165) is 11.5 Å². The van der Waals surface area contributed by atoms with Crippen molar-refractivity contribution in [3.63, 3.8) is 0 Å². The molecule has 0 aromatic carbocycles. The number of rotatable bonds is 5. The number of hydrogen-bond donors (Lipinski definition) is 1. The highest BCUT2D eigenvalue weighted by Gasteiger charge is 2.30. The second-order valence-corrected chi connectivity index (χ2v) is 6.89. The molecule has 0 radical (unpaired) electrons. The second-order valence-electron chi connectivity index (χ2n) is 6.13. The Labute approximate surface area is 129 Å². The molecular formula is C14H23N3O3S. The average Bonchev–Trinajstić information content (AvgIpc) is 2.81. The van der Waals surface area contributed by atoms with Gasteiger partial charge in [0.05, 0.1) is 5.69 Å². The lowest BCUT2D eigenvalue weighted by molar-refractivity contribution is -0.158. The molecule has 0 spiro atoms. The first-order valence-electron chi connectivity index (χ1n) is 7.00. The highest BCUT2D eigenvalue weighted by Crippen LogP contribution is 2.15. The molecule has 1 N–H and O–H groups in total. The second kappa shape index (κ2) is 6.98. The van der Waals surface area contributed by atoms with Gasteiger partial charge in [0.15, 0.2) is 0 Å². The predicted octanol–water partition coefficient (Wildman–Crippen LogP) is 2.20. The van der Waals surface area contributed by atoms with Crippen LogP contribution < -0.4 is 5.32 Å². The molecule has 1 aromatic rings. The molecule has 1 rings (SSSR count). The standard InChI is InChI=1S/C14H23N3O3S/c1-7-9-11(21-17-16-9)12(18)15-10(8(2)3)13(19)20-14(4,5)6/h8,10H,7H2,1-6H3,(H,15,18)/t10-/m1/s1. The van der Waals surface area contributed by atoms with Crippen LogP contribution in [0.5, 0.6) is 0 Å². The number of carbonyl (C=O) groups excluding carboxylic acids is 2. The summed E-state index contributed by atoms with van der Waals surface area (Å²) < 4.78 is 9.14. The highest BCUT2D eigenvalue weighted by atomic mass is 32.1. The van der Waals surface area contributed by atoms with Crippen LogP contribution in [0.15, 0.2) is 0 Å². The summed E-state index contributed by atoms with van der Waals surface area (Å²) in [5.41, 5.74) is 0.0550. The SMILES string of the molecule is CCc1nnsc1C(=O)N[C@@H](C(=O)OC(C)(C)C)C(C)C. The fourth-order valence-electron chi connectivity index (χ4n) is 1.68. The predicted molar refractivity (Wildman–Crippen MR) is 81.2 cm³/mol. The summed E-state index contributed by atoms with van der Waals surface area (Å²) in [6.07, 6.45) is 0.623. The van der Waals surface area contributed by atoms with Crippen molar-refractivity contribution in [2.24, 2.45) is 5.92 Å². The fourth-order valence-corrected chi connectivity index (χ4v) is 2.34. The van der Waals surface area contributed by atoms with Crippen LogP contribution in [0.25, 0.3) is 0 Å². The molecule has 1 amide bonds. The van der Waals surface area contributed by atoms with Crippen LogP contribution in [0.3, 0.4) is 0 Å². The van der Waals surface area contributed by atoms with Gasteiger partial charge < -0.3 is 10.1 Å². The Bertz CT molecular complexity index is 506. The molecular weight excluding hydrogens is 290 g/mol. The zero-order chi connectivity index (χ0) is 16.2. The molecule has 0 aliphatic carbocycles. The van der Waals surface area contributed by atoms with Gasteiger partial charge in [-0.2, -0.15) is 0 Å². The molecule has 0 unspecified atom stereocenters. The summed E-state index contributed by atoms with van der Waals surface area (Å²) in [6.45, 7) is 11.0. The summed E-state index contributed by atoms with van der Waals surface area (Å²) in [5, 5.41) is 6.64. The number of nitrogens with one attached hydrogen (secondary N) is 1. The van der Waals surface area contributed by atoms with Crippen LogP contribution in [0.2, 0.25) is 0 Å². The molecule has 0 fully saturated rings. The Hall–Kier alpha value is -1.50. The number of esters is 1. The molecule has 0 aliphatic heterocycles. The Kier molecular flexibility index (Phi) is 5.83. The van der Waals surface area contributed by atoms with Crippen LogP contribution in [0.1, 0.15) is 56.9 Å². The molecule has 0 saturated heterocycles. The number of nitrogens with zero attached hydrogens (tertiary/aromatic N) is 2. The Morgan fingerprint density at radius 3 is 2.43 bits per heavy atom. The highest BCUT2D eigenvalue weighted by molar-refractivity contribution is 7.08. The van der Waals surface area contributed by atoms with Gasteiger partial charge in [0.25, 0.3) is 5.91 Å². The normalized spacial score (nSPS) is 13.1. The van der Waals surface area contributed by atoms with Crippen molar-refractivity contribution in [1.82, 2.24) is 14.9 Å². The van der Waals surface area contributed by atoms with Crippen molar-refractivity contribution in [3.05, 3.63) is 10.6 Å². The molecule has 7 heteroatoms. The van der Waals surface area contributed by atoms with Gasteiger partial charge in [-0.25, -0.2) is 4.79 Å². The van der Waals surface area contributed by atoms with E-state index in [9.17, 15) is 9.59 Å². The van der Waals surface area contributed by atoms with Crippen LogP contribution in [-0.4, -0.2) is 33.1 Å². The fraction of sp³-hybridized carbons (Fsp3) is 0.714. The number of hydrogen-bond acceptors (Lipinski definition) is 6. The van der Waals surface area contributed by atoms with Crippen molar-refractivity contribution in [3.8, 4) is 0 Å². The summed E-state index contributed by atoms with van der Waals surface area (Å²) in [6, 6.07) is -0.691. The zero-order valence-corrected chi connectivity index (χ0v) is 14.2. The summed E-state index contributed by atoms with van der Waals surface area (Å²) in [7, 11) is 0. The maximum absolute atomic E-state index is 12.3. The number of carbonyl (C=O) groups is 2. The average molecular weight is 313 g/mol. The maximum atomic E-state index is 12.3. The largest absolute Gasteiger partial charge is 0.458 e. The molecule has 1 atom stereocenters. The first-order valence-corrected chi connectivity index (χ1v) is 7.78. The topological polar surface area (TPSA) is 81.2 Å². The van der Waals surface area contributed by atoms with Gasteiger partial charge >= 0.3 is 5.97 Å². The van der Waals surface area contributed by atoms with E-state index in [4.69, 9.17) is 4.74 Å². The molecule has 1 heterocycles. The Morgan fingerprint density at radius 2 is 1.95 bits per heavy atom. The monoisotopic (exact) mass is 313 g/mol. The van der Waals surface area contributed by atoms with E-state index in [1.54, 1.807) is 20.8 Å². The molecule has 118 valence electrons. The van der Waals surface area contributed by atoms with Crippen LogP contribution in [-0.2, 0) is 16.0 Å². The molecule has 1 aromatic heterocycles. The number of aromatic nitrogens is 2. The number of aryl methyl sites for hydroxylation is 1. The summed E-state index contributed by atoms with van der Waals surface area (Å²) in [4.78, 5) is 24.9. The van der Waals surface area contributed by atoms with Gasteiger partial charge in [0, 0.05) is 0 Å². The van der Waals surface area contributed by atoms with Crippen molar-refractivity contribution in [2.45, 2.75) is 59.6 Å². The van der Waals surface area contributed by atoms with Crippen molar-refractivity contribution < 1.29 is 14.3 Å². The van der Waals surface area contributed by atoms with Crippen molar-refractivity contribution in [1.29, 1.82) is 0 Å². The van der Waals surface area contributed by atoms with E-state index in [2.05, 4.69) is 14.9 Å². The van der Waals surface area contributed by atoms with Gasteiger partial charge in [0.1, 0.15) is 16.5 Å². The Balaban J connectivity index is 2.84. The number of ether oxygens (including phenoxy) is 1. The van der Waals surface area contributed by atoms with E-state index >= 15 is 0 Å². The van der Waals surface area contributed by atoms with Crippen molar-refractivity contribution in [2.75, 3.05) is 0 Å². The minimum absolute atomic E-state index is 0.0743. The summed E-state index contributed by atoms with van der Waals surface area (Å²) in [5.74, 6) is -0.831. The lowest BCUT2D eigenvalue weighted by Crippen LogP contribution is -2.47. The minimum Gasteiger partial charge on any atom is -0.458 e.